The zero-order chi connectivity index (χ0) is 13.2. The van der Waals surface area contributed by atoms with Crippen molar-refractivity contribution in [2.24, 2.45) is 0 Å². The van der Waals surface area contributed by atoms with Crippen molar-refractivity contribution in [2.75, 3.05) is 14.2 Å². The summed E-state index contributed by atoms with van der Waals surface area (Å²) in [7, 11) is 3.29. The Morgan fingerprint density at radius 1 is 1.17 bits per heavy atom. The van der Waals surface area contributed by atoms with Crippen LogP contribution in [0.3, 0.4) is 0 Å². The van der Waals surface area contributed by atoms with Crippen molar-refractivity contribution in [3.63, 3.8) is 0 Å². The van der Waals surface area contributed by atoms with E-state index in [4.69, 9.17) is 9.47 Å². The van der Waals surface area contributed by atoms with E-state index >= 15 is 0 Å². The average molecular weight is 316 g/mol. The zero-order valence-corrected chi connectivity index (χ0v) is 12.2. The number of hydrogen-bond acceptors (Lipinski definition) is 4. The monoisotopic (exact) mass is 315 g/mol. The van der Waals surface area contributed by atoms with Gasteiger partial charge in [0.15, 0.2) is 5.79 Å². The Kier molecular flexibility index (Phi) is 4.06. The van der Waals surface area contributed by atoms with Gasteiger partial charge in [-0.3, -0.25) is 4.98 Å². The average Bonchev–Trinajstić information content (AvgIpc) is 2.41. The molecule has 0 amide bonds. The van der Waals surface area contributed by atoms with Crippen molar-refractivity contribution in [2.45, 2.75) is 37.1 Å². The predicted molar refractivity (Wildman–Crippen MR) is 71.1 cm³/mol. The van der Waals surface area contributed by atoms with Crippen LogP contribution in [-0.2, 0) is 15.1 Å². The van der Waals surface area contributed by atoms with Crippen LogP contribution in [0.25, 0.3) is 0 Å². The first-order valence-corrected chi connectivity index (χ1v) is 6.78. The van der Waals surface area contributed by atoms with Crippen LogP contribution in [0.5, 0.6) is 0 Å². The minimum Gasteiger partial charge on any atom is -0.384 e. The molecule has 0 unspecified atom stereocenters. The number of aromatic nitrogens is 1. The molecule has 1 heterocycles. The molecule has 100 valence electrons. The molecule has 0 aliphatic heterocycles. The molecule has 1 aromatic rings. The van der Waals surface area contributed by atoms with Crippen molar-refractivity contribution < 1.29 is 14.6 Å². The van der Waals surface area contributed by atoms with Gasteiger partial charge in [-0.05, 0) is 40.9 Å². The van der Waals surface area contributed by atoms with Gasteiger partial charge < -0.3 is 14.6 Å². The highest BCUT2D eigenvalue weighted by molar-refractivity contribution is 9.10. The maximum absolute atomic E-state index is 10.7. The highest BCUT2D eigenvalue weighted by Crippen LogP contribution is 2.42. The summed E-state index contributed by atoms with van der Waals surface area (Å²) in [6.45, 7) is 0. The van der Waals surface area contributed by atoms with Crippen molar-refractivity contribution in [1.82, 2.24) is 4.98 Å². The van der Waals surface area contributed by atoms with Crippen LogP contribution in [0.4, 0.5) is 0 Å². The topological polar surface area (TPSA) is 51.6 Å². The molecule has 18 heavy (non-hydrogen) atoms. The molecule has 1 N–H and O–H groups in total. The normalized spacial score (nSPS) is 21.8. The molecular weight excluding hydrogens is 298 g/mol. The Bertz CT molecular complexity index is 393. The van der Waals surface area contributed by atoms with E-state index in [0.717, 1.165) is 4.47 Å². The van der Waals surface area contributed by atoms with Gasteiger partial charge in [-0.25, -0.2) is 0 Å². The van der Waals surface area contributed by atoms with E-state index in [1.54, 1.807) is 20.4 Å². The van der Waals surface area contributed by atoms with Gasteiger partial charge in [-0.15, -0.1) is 0 Å². The van der Waals surface area contributed by atoms with E-state index in [0.29, 0.717) is 31.4 Å². The third kappa shape index (κ3) is 2.59. The number of hydrogen-bond donors (Lipinski definition) is 1. The Labute approximate surface area is 115 Å². The van der Waals surface area contributed by atoms with Crippen molar-refractivity contribution >= 4 is 15.9 Å². The molecule has 0 saturated heterocycles. The third-order valence-corrected chi connectivity index (χ3v) is 4.26. The summed E-state index contributed by atoms with van der Waals surface area (Å²) in [5, 5.41) is 10.7. The van der Waals surface area contributed by atoms with E-state index in [1.165, 1.54) is 0 Å². The molecule has 0 spiro atoms. The van der Waals surface area contributed by atoms with Gasteiger partial charge in [0.2, 0.25) is 0 Å². The first-order chi connectivity index (χ1) is 8.53. The second kappa shape index (κ2) is 5.25. The quantitative estimate of drug-likeness (QED) is 0.871. The number of ether oxygens (including phenoxy) is 2. The van der Waals surface area contributed by atoms with Crippen LogP contribution in [-0.4, -0.2) is 30.1 Å². The molecule has 0 atom stereocenters. The summed E-state index contributed by atoms with van der Waals surface area (Å²) in [6, 6.07) is 3.76. The first-order valence-electron chi connectivity index (χ1n) is 5.98. The second-order valence-corrected chi connectivity index (χ2v) is 5.63. The molecule has 1 fully saturated rings. The van der Waals surface area contributed by atoms with Gasteiger partial charge in [-0.1, -0.05) is 0 Å². The van der Waals surface area contributed by atoms with Crippen molar-refractivity contribution in [3.05, 3.63) is 28.5 Å². The van der Waals surface area contributed by atoms with Crippen LogP contribution in [0.2, 0.25) is 0 Å². The summed E-state index contributed by atoms with van der Waals surface area (Å²) in [6.07, 6.45) is 4.21. The highest BCUT2D eigenvalue weighted by Gasteiger charge is 2.43. The summed E-state index contributed by atoms with van der Waals surface area (Å²) < 4.78 is 11.7. The van der Waals surface area contributed by atoms with Crippen LogP contribution in [0.1, 0.15) is 31.4 Å². The fourth-order valence-corrected chi connectivity index (χ4v) is 2.68. The van der Waals surface area contributed by atoms with Gasteiger partial charge in [-0.2, -0.15) is 0 Å². The molecule has 1 aromatic heterocycles. The number of methoxy groups -OCH3 is 2. The molecule has 0 bridgehead atoms. The molecule has 2 rings (SSSR count). The van der Waals surface area contributed by atoms with Crippen molar-refractivity contribution in [1.29, 1.82) is 0 Å². The minimum absolute atomic E-state index is 0.554. The molecule has 1 saturated carbocycles. The lowest BCUT2D eigenvalue weighted by atomic mass is 9.79. The molecule has 1 aliphatic rings. The van der Waals surface area contributed by atoms with E-state index in [1.807, 2.05) is 12.1 Å². The number of halogens is 1. The van der Waals surface area contributed by atoms with Crippen LogP contribution >= 0.6 is 15.9 Å². The van der Waals surface area contributed by atoms with Crippen LogP contribution in [0, 0.1) is 0 Å². The Morgan fingerprint density at radius 2 is 1.78 bits per heavy atom. The molecule has 0 aromatic carbocycles. The highest BCUT2D eigenvalue weighted by atomic mass is 79.9. The van der Waals surface area contributed by atoms with Crippen LogP contribution in [0.15, 0.2) is 22.8 Å². The molecule has 4 nitrogen and oxygen atoms in total. The van der Waals surface area contributed by atoms with E-state index in [-0.39, 0.29) is 0 Å². The lowest BCUT2D eigenvalue weighted by molar-refractivity contribution is -0.243. The fourth-order valence-electron chi connectivity index (χ4n) is 2.44. The Balaban J connectivity index is 2.14. The van der Waals surface area contributed by atoms with Gasteiger partial charge in [0.1, 0.15) is 5.60 Å². The maximum Gasteiger partial charge on any atom is 0.167 e. The van der Waals surface area contributed by atoms with Gasteiger partial charge in [0.05, 0.1) is 5.69 Å². The number of aliphatic hydroxyl groups is 1. The summed E-state index contributed by atoms with van der Waals surface area (Å²) in [4.78, 5) is 4.29. The van der Waals surface area contributed by atoms with E-state index < -0.39 is 11.4 Å². The van der Waals surface area contributed by atoms with Gasteiger partial charge in [0, 0.05) is 37.7 Å². The van der Waals surface area contributed by atoms with Gasteiger partial charge >= 0.3 is 0 Å². The number of pyridine rings is 1. The summed E-state index contributed by atoms with van der Waals surface area (Å²) in [5.41, 5.74) is -0.159. The van der Waals surface area contributed by atoms with E-state index in [9.17, 15) is 5.11 Å². The van der Waals surface area contributed by atoms with Crippen molar-refractivity contribution in [3.8, 4) is 0 Å². The largest absolute Gasteiger partial charge is 0.384 e. The summed E-state index contributed by atoms with van der Waals surface area (Å²) in [5.74, 6) is -0.554. The number of nitrogens with zero attached hydrogens (tertiary/aromatic N) is 1. The maximum atomic E-state index is 10.7. The zero-order valence-electron chi connectivity index (χ0n) is 10.6. The molecule has 0 radical (unpaired) electrons. The molecular formula is C13H18BrNO3. The Hall–Kier alpha value is -0.490. The van der Waals surface area contributed by atoms with E-state index in [2.05, 4.69) is 20.9 Å². The summed E-state index contributed by atoms with van der Waals surface area (Å²) >= 11 is 3.34. The second-order valence-electron chi connectivity index (χ2n) is 4.71. The predicted octanol–water partition coefficient (Wildman–Crippen LogP) is 2.59. The van der Waals surface area contributed by atoms with Gasteiger partial charge in [0.25, 0.3) is 0 Å². The lowest BCUT2D eigenvalue weighted by Gasteiger charge is -2.41. The van der Waals surface area contributed by atoms with Crippen LogP contribution < -0.4 is 0 Å². The smallest absolute Gasteiger partial charge is 0.167 e. The first kappa shape index (κ1) is 13.9. The third-order valence-electron chi connectivity index (χ3n) is 3.79. The fraction of sp³-hybridized carbons (Fsp3) is 0.615. The minimum atomic E-state index is -0.874. The lowest BCUT2D eigenvalue weighted by Crippen LogP contribution is -2.44. The SMILES string of the molecule is COC1(OC)CCC(O)(c2ccc(Br)cn2)CC1. The standard InChI is InChI=1S/C13H18BrNO3/c1-17-13(18-2)7-5-12(16,6-8-13)11-4-3-10(14)9-15-11/h3-4,9,16H,5-8H2,1-2H3. The number of rotatable bonds is 3. The molecule has 5 heteroatoms. The Morgan fingerprint density at radius 3 is 2.22 bits per heavy atom. The molecule has 1 aliphatic carbocycles.